The number of fused-ring (bicyclic) bond motifs is 2. The van der Waals surface area contributed by atoms with Crippen LogP contribution < -0.4 is 10.4 Å². The van der Waals surface area contributed by atoms with Gasteiger partial charge in [-0.15, -0.1) is 0 Å². The van der Waals surface area contributed by atoms with Crippen LogP contribution in [0.2, 0.25) is 0 Å². The van der Waals surface area contributed by atoms with Crippen molar-refractivity contribution in [1.82, 2.24) is 0 Å². The van der Waals surface area contributed by atoms with E-state index >= 15 is 0 Å². The van der Waals surface area contributed by atoms with Gasteiger partial charge < -0.3 is 0 Å². The van der Waals surface area contributed by atoms with Crippen LogP contribution in [0.1, 0.15) is 44.2 Å². The maximum Gasteiger partial charge on any atom is 0.416 e. The van der Waals surface area contributed by atoms with E-state index in [2.05, 4.69) is 13.2 Å². The summed E-state index contributed by atoms with van der Waals surface area (Å²) in [6.07, 6.45) is -12.7. The van der Waals surface area contributed by atoms with Crippen molar-refractivity contribution in [3.05, 3.63) is 81.3 Å². The van der Waals surface area contributed by atoms with Gasteiger partial charge in [0.15, 0.2) is 0 Å². The second kappa shape index (κ2) is 8.20. The molecule has 0 aromatic heterocycles. The Morgan fingerprint density at radius 1 is 0.971 bits per heavy atom. The molecule has 0 N–H and O–H groups in total. The first-order valence-electron chi connectivity index (χ1n) is 10.3. The summed E-state index contributed by atoms with van der Waals surface area (Å²) in [6, 6.07) is 1.59. The number of hydrogen-bond acceptors (Lipinski definition) is 0. The van der Waals surface area contributed by atoms with E-state index in [9.17, 15) is 39.5 Å². The first-order chi connectivity index (χ1) is 15.4. The summed E-state index contributed by atoms with van der Waals surface area (Å²) in [5.74, 6) is -3.56. The van der Waals surface area contributed by atoms with Gasteiger partial charge in [0.25, 0.3) is 0 Å². The van der Waals surface area contributed by atoms with Gasteiger partial charge in [0.1, 0.15) is 0 Å². The van der Waals surface area contributed by atoms with E-state index in [4.69, 9.17) is 0 Å². The van der Waals surface area contributed by atoms with Gasteiger partial charge in [0.2, 0.25) is 0 Å². The lowest BCUT2D eigenvalue weighted by molar-refractivity contribution is -0.153. The van der Waals surface area contributed by atoms with Crippen LogP contribution in [-0.4, -0.2) is 12.4 Å². The molecule has 0 saturated heterocycles. The summed E-state index contributed by atoms with van der Waals surface area (Å²) in [7, 11) is 0. The minimum atomic E-state index is -5.07. The molecular weight excluding hydrogens is 471 g/mol. The van der Waals surface area contributed by atoms with E-state index < -0.39 is 47.1 Å². The fourth-order valence-corrected chi connectivity index (χ4v) is 4.61. The molecule has 9 heteroatoms. The number of halogens is 9. The van der Waals surface area contributed by atoms with Crippen molar-refractivity contribution in [2.24, 2.45) is 5.92 Å². The Morgan fingerprint density at radius 2 is 1.56 bits per heavy atom. The van der Waals surface area contributed by atoms with Gasteiger partial charge in [-0.2, -0.15) is 39.5 Å². The summed E-state index contributed by atoms with van der Waals surface area (Å²) in [4.78, 5) is 0. The molecule has 0 amide bonds. The highest BCUT2D eigenvalue weighted by Crippen LogP contribution is 2.47. The minimum absolute atomic E-state index is 0.00755. The van der Waals surface area contributed by atoms with Crippen molar-refractivity contribution in [3.8, 4) is 0 Å². The molecule has 0 fully saturated rings. The molecule has 1 aromatic rings. The Hall–Kier alpha value is -2.71. The van der Waals surface area contributed by atoms with Crippen LogP contribution in [0.25, 0.3) is 11.1 Å². The Labute approximate surface area is 190 Å². The topological polar surface area (TPSA) is 0 Å². The van der Waals surface area contributed by atoms with Gasteiger partial charge in [0, 0.05) is 5.92 Å². The maximum absolute atomic E-state index is 13.8. The molecule has 3 rings (SSSR count). The lowest BCUT2D eigenvalue weighted by atomic mass is 9.69. The molecule has 2 aliphatic carbocycles. The molecule has 0 aliphatic heterocycles. The van der Waals surface area contributed by atoms with Crippen molar-refractivity contribution in [2.75, 3.05) is 0 Å². The monoisotopic (exact) mass is 492 g/mol. The standard InChI is InChI=1S/C25H21F9/c1-6-11(2)19-17(24(29,30)31)9-7-15-16-8-10-18(25(32,33)34)22(14(5)23(26,27)28)21(16)13(4)12(3)20(15)19/h7-10,14,20H,2-3,6H2,1,4-5H3. The van der Waals surface area contributed by atoms with Gasteiger partial charge in [-0.05, 0) is 70.7 Å². The number of alkyl halides is 9. The molecule has 1 aromatic carbocycles. The SMILES string of the molecule is C=C(CC)C1=C(C(F)(F)F)C=CC2=c3ccc(C(F)(F)F)c(C(C)C(F)(F)F)c3=C(C)C(=C)C12. The van der Waals surface area contributed by atoms with E-state index in [1.807, 2.05) is 0 Å². The third-order valence-electron chi connectivity index (χ3n) is 6.42. The lowest BCUT2D eigenvalue weighted by Gasteiger charge is -2.35. The van der Waals surface area contributed by atoms with Crippen LogP contribution in [0.5, 0.6) is 0 Å². The Balaban J connectivity index is 2.54. The molecule has 0 spiro atoms. The summed E-state index contributed by atoms with van der Waals surface area (Å²) >= 11 is 0. The van der Waals surface area contributed by atoms with E-state index in [-0.39, 0.29) is 44.7 Å². The second-order valence-corrected chi connectivity index (χ2v) is 8.36. The molecule has 0 saturated carbocycles. The molecular formula is C25H21F9. The Kier molecular flexibility index (Phi) is 6.25. The first kappa shape index (κ1) is 25.9. The van der Waals surface area contributed by atoms with Gasteiger partial charge in [-0.1, -0.05) is 37.8 Å². The summed E-state index contributed by atoms with van der Waals surface area (Å²) in [6.45, 7) is 11.1. The zero-order valence-electron chi connectivity index (χ0n) is 18.5. The molecule has 184 valence electrons. The van der Waals surface area contributed by atoms with Crippen molar-refractivity contribution < 1.29 is 39.5 Å². The maximum atomic E-state index is 13.8. The van der Waals surface area contributed by atoms with E-state index in [0.29, 0.717) is 13.0 Å². The van der Waals surface area contributed by atoms with E-state index in [0.717, 1.165) is 18.2 Å². The van der Waals surface area contributed by atoms with Crippen molar-refractivity contribution in [3.63, 3.8) is 0 Å². The van der Waals surface area contributed by atoms with Gasteiger partial charge >= 0.3 is 18.5 Å². The quantitative estimate of drug-likeness (QED) is 0.389. The molecule has 0 heterocycles. The van der Waals surface area contributed by atoms with E-state index in [1.165, 1.54) is 6.92 Å². The zero-order chi connectivity index (χ0) is 26.0. The van der Waals surface area contributed by atoms with Crippen molar-refractivity contribution >= 4 is 11.1 Å². The fourth-order valence-electron chi connectivity index (χ4n) is 4.61. The van der Waals surface area contributed by atoms with Crippen LogP contribution in [0.4, 0.5) is 39.5 Å². The average molecular weight is 492 g/mol. The number of hydrogen-bond donors (Lipinski definition) is 0. The molecule has 2 unspecified atom stereocenters. The highest BCUT2D eigenvalue weighted by atomic mass is 19.4. The Bertz CT molecular complexity index is 1250. The normalized spacial score (nSPS) is 19.9. The fraction of sp³-hybridized carbons (Fsp3) is 0.360. The van der Waals surface area contributed by atoms with Crippen LogP contribution in [0, 0.1) is 5.92 Å². The summed E-state index contributed by atoms with van der Waals surface area (Å²) < 4.78 is 124. The number of allylic oxidation sites excluding steroid dienone is 6. The second-order valence-electron chi connectivity index (χ2n) is 8.36. The van der Waals surface area contributed by atoms with Crippen LogP contribution >= 0.6 is 0 Å². The third-order valence-corrected chi connectivity index (χ3v) is 6.42. The predicted molar refractivity (Wildman–Crippen MR) is 112 cm³/mol. The van der Waals surface area contributed by atoms with Crippen molar-refractivity contribution in [1.29, 1.82) is 0 Å². The third kappa shape index (κ3) is 4.14. The highest BCUT2D eigenvalue weighted by molar-refractivity contribution is 5.83. The first-order valence-corrected chi connectivity index (χ1v) is 10.3. The highest BCUT2D eigenvalue weighted by Gasteiger charge is 2.46. The smallest absolute Gasteiger partial charge is 0.170 e. The number of benzene rings is 1. The molecule has 2 aliphatic rings. The molecule has 34 heavy (non-hydrogen) atoms. The van der Waals surface area contributed by atoms with Crippen LogP contribution in [0.15, 0.2) is 59.7 Å². The average Bonchev–Trinajstić information content (AvgIpc) is 2.72. The minimum Gasteiger partial charge on any atom is -0.170 e. The van der Waals surface area contributed by atoms with Gasteiger partial charge in [-0.25, -0.2) is 0 Å². The van der Waals surface area contributed by atoms with Crippen LogP contribution in [0.3, 0.4) is 0 Å². The van der Waals surface area contributed by atoms with Crippen molar-refractivity contribution in [2.45, 2.75) is 51.6 Å². The largest absolute Gasteiger partial charge is 0.416 e. The molecule has 0 radical (unpaired) electrons. The summed E-state index contributed by atoms with van der Waals surface area (Å²) in [5, 5.41) is -0.273. The predicted octanol–water partition coefficient (Wildman–Crippen LogP) is 7.27. The zero-order valence-corrected chi connectivity index (χ0v) is 18.5. The van der Waals surface area contributed by atoms with Gasteiger partial charge in [0.05, 0.1) is 17.1 Å². The summed E-state index contributed by atoms with van der Waals surface area (Å²) in [5.41, 5.74) is -3.22. The Morgan fingerprint density at radius 3 is 2.03 bits per heavy atom. The molecule has 0 nitrogen and oxygen atoms in total. The van der Waals surface area contributed by atoms with Gasteiger partial charge in [-0.3, -0.25) is 0 Å². The lowest BCUT2D eigenvalue weighted by Crippen LogP contribution is -2.43. The molecule has 0 bridgehead atoms. The van der Waals surface area contributed by atoms with Crippen LogP contribution in [-0.2, 0) is 6.18 Å². The van der Waals surface area contributed by atoms with E-state index in [1.54, 1.807) is 6.92 Å². The molecule has 2 atom stereocenters. The number of rotatable bonds is 3.